The number of fused-ring (bicyclic) bond motifs is 2. The molecular formula is C24H22N2O8. The Morgan fingerprint density at radius 3 is 1.44 bits per heavy atom. The number of anilines is 2. The molecule has 4 N–H and O–H groups in total. The number of carbonyl (C=O) groups excluding carboxylic acids is 2. The average molecular weight is 466 g/mol. The summed E-state index contributed by atoms with van der Waals surface area (Å²) >= 11 is 0. The van der Waals surface area contributed by atoms with Crippen LogP contribution >= 0.6 is 0 Å². The number of ether oxygens (including phenoxy) is 2. The number of nitrogens with two attached hydrogens (primary N) is 2. The maximum absolute atomic E-state index is 11.7. The molecule has 176 valence electrons. The Hall–Kier alpha value is -4.60. The largest absolute Gasteiger partial charge is 0.460 e. The van der Waals surface area contributed by atoms with Crippen molar-refractivity contribution in [3.05, 3.63) is 80.5 Å². The van der Waals surface area contributed by atoms with E-state index in [0.29, 0.717) is 33.3 Å². The summed E-state index contributed by atoms with van der Waals surface area (Å²) in [5.74, 6) is -1.50. The van der Waals surface area contributed by atoms with Crippen LogP contribution in [0, 0.1) is 0 Å². The zero-order chi connectivity index (χ0) is 24.8. The van der Waals surface area contributed by atoms with Crippen molar-refractivity contribution in [3.63, 3.8) is 0 Å². The SMILES string of the molecule is CCOC(=O)c1cc(=O)c2cc(N)ccc2o1.CCOC(=O)c1cc(=O)c2cc(N)ccc2o1. The molecule has 0 spiro atoms. The molecule has 0 aliphatic rings. The second kappa shape index (κ2) is 10.3. The fourth-order valence-corrected chi connectivity index (χ4v) is 2.95. The first kappa shape index (κ1) is 24.1. The van der Waals surface area contributed by atoms with Gasteiger partial charge in [0.2, 0.25) is 11.5 Å². The number of esters is 2. The van der Waals surface area contributed by atoms with Gasteiger partial charge in [0.1, 0.15) is 11.2 Å². The Morgan fingerprint density at radius 2 is 1.09 bits per heavy atom. The molecule has 0 saturated heterocycles. The highest BCUT2D eigenvalue weighted by atomic mass is 16.5. The van der Waals surface area contributed by atoms with Crippen LogP contribution in [-0.4, -0.2) is 25.2 Å². The van der Waals surface area contributed by atoms with E-state index < -0.39 is 11.9 Å². The number of benzene rings is 2. The Labute approximate surface area is 192 Å². The first-order valence-corrected chi connectivity index (χ1v) is 10.2. The Balaban J connectivity index is 0.000000191. The van der Waals surface area contributed by atoms with Crippen LogP contribution in [0.15, 0.2) is 67.0 Å². The van der Waals surface area contributed by atoms with E-state index in [1.54, 1.807) is 38.1 Å². The third-order valence-corrected chi connectivity index (χ3v) is 4.46. The fraction of sp³-hybridized carbons (Fsp3) is 0.167. The molecule has 0 aliphatic carbocycles. The van der Waals surface area contributed by atoms with Gasteiger partial charge in [-0.15, -0.1) is 0 Å². The first-order chi connectivity index (χ1) is 16.2. The van der Waals surface area contributed by atoms with Crippen molar-refractivity contribution in [1.29, 1.82) is 0 Å². The third-order valence-electron chi connectivity index (χ3n) is 4.46. The smallest absolute Gasteiger partial charge is 0.374 e. The molecule has 0 atom stereocenters. The predicted octanol–water partition coefficient (Wildman–Crippen LogP) is 3.10. The van der Waals surface area contributed by atoms with Crippen LogP contribution in [0.4, 0.5) is 11.4 Å². The second-order valence-corrected chi connectivity index (χ2v) is 6.90. The van der Waals surface area contributed by atoms with Crippen LogP contribution in [0.1, 0.15) is 35.0 Å². The summed E-state index contributed by atoms with van der Waals surface area (Å²) in [5.41, 5.74) is 12.1. The van der Waals surface area contributed by atoms with Crippen LogP contribution in [0.3, 0.4) is 0 Å². The molecule has 34 heavy (non-hydrogen) atoms. The number of hydrogen-bond acceptors (Lipinski definition) is 10. The van der Waals surface area contributed by atoms with E-state index in [-0.39, 0.29) is 35.6 Å². The summed E-state index contributed by atoms with van der Waals surface area (Å²) < 4.78 is 20.1. The van der Waals surface area contributed by atoms with Gasteiger partial charge in [-0.3, -0.25) is 9.59 Å². The molecule has 0 amide bonds. The van der Waals surface area contributed by atoms with Crippen molar-refractivity contribution in [1.82, 2.24) is 0 Å². The minimum Gasteiger partial charge on any atom is -0.460 e. The molecular weight excluding hydrogens is 444 g/mol. The first-order valence-electron chi connectivity index (χ1n) is 10.2. The van der Waals surface area contributed by atoms with E-state index in [2.05, 4.69) is 0 Å². The van der Waals surface area contributed by atoms with Crippen molar-refractivity contribution in [2.24, 2.45) is 0 Å². The predicted molar refractivity (Wildman–Crippen MR) is 126 cm³/mol. The van der Waals surface area contributed by atoms with Crippen LogP contribution in [-0.2, 0) is 9.47 Å². The zero-order valence-corrected chi connectivity index (χ0v) is 18.5. The lowest BCUT2D eigenvalue weighted by molar-refractivity contribution is 0.0482. The molecule has 0 radical (unpaired) electrons. The molecule has 4 rings (SSSR count). The lowest BCUT2D eigenvalue weighted by atomic mass is 10.2. The van der Waals surface area contributed by atoms with Crippen molar-refractivity contribution in [2.45, 2.75) is 13.8 Å². The zero-order valence-electron chi connectivity index (χ0n) is 18.5. The summed E-state index contributed by atoms with van der Waals surface area (Å²) in [7, 11) is 0. The minimum atomic E-state index is -0.650. The van der Waals surface area contributed by atoms with E-state index in [4.69, 9.17) is 29.8 Å². The van der Waals surface area contributed by atoms with Crippen molar-refractivity contribution in [3.8, 4) is 0 Å². The molecule has 4 aromatic rings. The molecule has 2 heterocycles. The van der Waals surface area contributed by atoms with E-state index in [1.165, 1.54) is 12.1 Å². The Bertz CT molecular complexity index is 1370. The van der Waals surface area contributed by atoms with Crippen LogP contribution < -0.4 is 22.3 Å². The molecule has 2 aromatic carbocycles. The standard InChI is InChI=1S/2C12H11NO4/c2*1-2-16-12(15)11-6-9(14)8-5-7(13)3-4-10(8)17-11/h2*3-6H,2,13H2,1H3. The summed E-state index contributed by atoms with van der Waals surface area (Å²) in [5, 5.41) is 0.691. The molecule has 10 heteroatoms. The summed E-state index contributed by atoms with van der Waals surface area (Å²) in [6.45, 7) is 3.81. The van der Waals surface area contributed by atoms with Crippen LogP contribution in [0.5, 0.6) is 0 Å². The maximum atomic E-state index is 11.7. The number of hydrogen-bond donors (Lipinski definition) is 2. The van der Waals surface area contributed by atoms with E-state index in [9.17, 15) is 19.2 Å². The van der Waals surface area contributed by atoms with E-state index >= 15 is 0 Å². The fourth-order valence-electron chi connectivity index (χ4n) is 2.95. The minimum absolute atomic E-state index is 0.103. The van der Waals surface area contributed by atoms with Gasteiger partial charge in [-0.1, -0.05) is 0 Å². The Morgan fingerprint density at radius 1 is 0.706 bits per heavy atom. The monoisotopic (exact) mass is 466 g/mol. The molecule has 0 saturated carbocycles. The van der Waals surface area contributed by atoms with Crippen molar-refractivity contribution in [2.75, 3.05) is 24.7 Å². The third kappa shape index (κ3) is 5.41. The van der Waals surface area contributed by atoms with Gasteiger partial charge < -0.3 is 29.8 Å². The van der Waals surface area contributed by atoms with Crippen LogP contribution in [0.25, 0.3) is 21.9 Å². The Kier molecular flexibility index (Phi) is 7.32. The van der Waals surface area contributed by atoms with Gasteiger partial charge in [0.05, 0.1) is 24.0 Å². The maximum Gasteiger partial charge on any atom is 0.374 e. The summed E-state index contributed by atoms with van der Waals surface area (Å²) in [6, 6.07) is 11.5. The molecule has 2 aromatic heterocycles. The van der Waals surface area contributed by atoms with Gasteiger partial charge in [-0.2, -0.15) is 0 Å². The molecule has 0 fully saturated rings. The number of nitrogen functional groups attached to an aromatic ring is 2. The lowest BCUT2D eigenvalue weighted by Crippen LogP contribution is -2.10. The van der Waals surface area contributed by atoms with Gasteiger partial charge in [-0.25, -0.2) is 9.59 Å². The van der Waals surface area contributed by atoms with Gasteiger partial charge in [-0.05, 0) is 50.2 Å². The van der Waals surface area contributed by atoms with Gasteiger partial charge >= 0.3 is 11.9 Å². The van der Waals surface area contributed by atoms with E-state index in [0.717, 1.165) is 12.1 Å². The van der Waals surface area contributed by atoms with Gasteiger partial charge in [0.25, 0.3) is 0 Å². The summed E-state index contributed by atoms with van der Waals surface area (Å²) in [4.78, 5) is 46.3. The summed E-state index contributed by atoms with van der Waals surface area (Å²) in [6.07, 6.45) is 0. The number of carbonyl (C=O) groups is 2. The molecule has 10 nitrogen and oxygen atoms in total. The molecule has 0 unspecified atom stereocenters. The lowest BCUT2D eigenvalue weighted by Gasteiger charge is -2.02. The van der Waals surface area contributed by atoms with Crippen molar-refractivity contribution < 1.29 is 27.9 Å². The highest BCUT2D eigenvalue weighted by molar-refractivity contribution is 5.90. The van der Waals surface area contributed by atoms with E-state index in [1.807, 2.05) is 0 Å². The quantitative estimate of drug-likeness (QED) is 0.337. The van der Waals surface area contributed by atoms with Crippen molar-refractivity contribution >= 4 is 45.3 Å². The topological polar surface area (TPSA) is 165 Å². The van der Waals surface area contributed by atoms with Crippen LogP contribution in [0.2, 0.25) is 0 Å². The second-order valence-electron chi connectivity index (χ2n) is 6.90. The normalized spacial score (nSPS) is 10.4. The number of rotatable bonds is 4. The molecule has 0 bridgehead atoms. The highest BCUT2D eigenvalue weighted by Crippen LogP contribution is 2.17. The van der Waals surface area contributed by atoms with Gasteiger partial charge in [0.15, 0.2) is 10.9 Å². The average Bonchev–Trinajstić information content (AvgIpc) is 2.80. The molecule has 0 aliphatic heterocycles. The van der Waals surface area contributed by atoms with Gasteiger partial charge in [0, 0.05) is 23.5 Å². The highest BCUT2D eigenvalue weighted by Gasteiger charge is 2.14.